The van der Waals surface area contributed by atoms with Gasteiger partial charge in [-0.3, -0.25) is 10.1 Å². The lowest BCUT2D eigenvalue weighted by atomic mass is 9.98. The third-order valence-electron chi connectivity index (χ3n) is 3.13. The predicted molar refractivity (Wildman–Crippen MR) is 67.2 cm³/mol. The summed E-state index contributed by atoms with van der Waals surface area (Å²) in [6.45, 7) is 3.12. The Labute approximate surface area is 100 Å². The van der Waals surface area contributed by atoms with Crippen LogP contribution in [0.25, 0.3) is 0 Å². The Kier molecular flexibility index (Phi) is 3.93. The second-order valence-corrected chi connectivity index (χ2v) is 4.38. The van der Waals surface area contributed by atoms with Crippen molar-refractivity contribution in [2.75, 3.05) is 25.0 Å². The van der Waals surface area contributed by atoms with E-state index < -0.39 is 0 Å². The molecule has 2 N–H and O–H groups in total. The number of non-ortho nitro benzene ring substituents is 1. The summed E-state index contributed by atoms with van der Waals surface area (Å²) in [5.41, 5.74) is 1.09. The summed E-state index contributed by atoms with van der Waals surface area (Å²) in [4.78, 5) is 10.1. The van der Waals surface area contributed by atoms with Gasteiger partial charge >= 0.3 is 0 Å². The molecule has 1 aliphatic rings. The Morgan fingerprint density at radius 3 is 2.53 bits per heavy atom. The molecule has 17 heavy (non-hydrogen) atoms. The Hall–Kier alpha value is -1.62. The number of nitro groups is 1. The molecule has 1 aliphatic heterocycles. The molecule has 92 valence electrons. The van der Waals surface area contributed by atoms with Gasteiger partial charge in [-0.05, 0) is 44.0 Å². The summed E-state index contributed by atoms with van der Waals surface area (Å²) >= 11 is 0. The molecule has 2 rings (SSSR count). The van der Waals surface area contributed by atoms with Crippen molar-refractivity contribution >= 4 is 11.4 Å². The van der Waals surface area contributed by atoms with Crippen molar-refractivity contribution in [3.8, 4) is 0 Å². The minimum absolute atomic E-state index is 0.136. The summed E-state index contributed by atoms with van der Waals surface area (Å²) in [6.07, 6.45) is 2.39. The van der Waals surface area contributed by atoms with Crippen molar-refractivity contribution in [1.82, 2.24) is 5.32 Å². The van der Waals surface area contributed by atoms with Crippen LogP contribution in [0.2, 0.25) is 0 Å². The van der Waals surface area contributed by atoms with E-state index in [1.165, 1.54) is 25.0 Å². The monoisotopic (exact) mass is 235 g/mol. The highest BCUT2D eigenvalue weighted by molar-refractivity contribution is 5.48. The highest BCUT2D eigenvalue weighted by Gasteiger charge is 2.12. The summed E-state index contributed by atoms with van der Waals surface area (Å²) < 4.78 is 0. The lowest BCUT2D eigenvalue weighted by Crippen LogP contribution is -2.31. The first-order chi connectivity index (χ1) is 8.25. The van der Waals surface area contributed by atoms with E-state index in [9.17, 15) is 10.1 Å². The number of nitrogens with zero attached hydrogens (tertiary/aromatic N) is 1. The smallest absolute Gasteiger partial charge is 0.269 e. The average molecular weight is 235 g/mol. The van der Waals surface area contributed by atoms with Crippen molar-refractivity contribution in [2.45, 2.75) is 12.8 Å². The van der Waals surface area contributed by atoms with Gasteiger partial charge in [0.1, 0.15) is 0 Å². The number of anilines is 1. The number of benzene rings is 1. The molecule has 0 saturated carbocycles. The van der Waals surface area contributed by atoms with E-state index in [1.807, 2.05) is 0 Å². The van der Waals surface area contributed by atoms with Gasteiger partial charge < -0.3 is 10.6 Å². The zero-order valence-corrected chi connectivity index (χ0v) is 9.69. The van der Waals surface area contributed by atoms with Crippen LogP contribution in [0.15, 0.2) is 24.3 Å². The SMILES string of the molecule is O=[N+]([O-])c1ccc(NCC2CCNCC2)cc1. The number of hydrogen-bond acceptors (Lipinski definition) is 4. The maximum atomic E-state index is 10.5. The first-order valence-electron chi connectivity index (χ1n) is 5.95. The molecule has 0 amide bonds. The van der Waals surface area contributed by atoms with E-state index >= 15 is 0 Å². The van der Waals surface area contributed by atoms with Gasteiger partial charge in [0, 0.05) is 24.4 Å². The van der Waals surface area contributed by atoms with Crippen LogP contribution in [0.3, 0.4) is 0 Å². The molecule has 0 bridgehead atoms. The molecule has 0 radical (unpaired) electrons. The lowest BCUT2D eigenvalue weighted by molar-refractivity contribution is -0.384. The van der Waals surface area contributed by atoms with E-state index in [-0.39, 0.29) is 10.6 Å². The molecule has 5 heteroatoms. The molecule has 0 aliphatic carbocycles. The van der Waals surface area contributed by atoms with Crippen LogP contribution >= 0.6 is 0 Å². The van der Waals surface area contributed by atoms with Gasteiger partial charge in [-0.2, -0.15) is 0 Å². The van der Waals surface area contributed by atoms with Gasteiger partial charge in [0.2, 0.25) is 0 Å². The molecule has 0 aromatic heterocycles. The van der Waals surface area contributed by atoms with Gasteiger partial charge in [0.15, 0.2) is 0 Å². The van der Waals surface area contributed by atoms with Crippen LogP contribution in [-0.4, -0.2) is 24.6 Å². The highest BCUT2D eigenvalue weighted by Crippen LogP contribution is 2.17. The minimum atomic E-state index is -0.378. The maximum absolute atomic E-state index is 10.5. The number of rotatable bonds is 4. The standard InChI is InChI=1S/C12H17N3O2/c16-15(17)12-3-1-11(2-4-12)14-9-10-5-7-13-8-6-10/h1-4,10,13-14H,5-9H2. The Morgan fingerprint density at radius 2 is 1.94 bits per heavy atom. The van der Waals surface area contributed by atoms with Crippen LogP contribution in [-0.2, 0) is 0 Å². The lowest BCUT2D eigenvalue weighted by Gasteiger charge is -2.23. The quantitative estimate of drug-likeness (QED) is 0.618. The van der Waals surface area contributed by atoms with E-state index in [1.54, 1.807) is 12.1 Å². The Balaban J connectivity index is 1.84. The fraction of sp³-hybridized carbons (Fsp3) is 0.500. The van der Waals surface area contributed by atoms with Gasteiger partial charge in [-0.25, -0.2) is 0 Å². The maximum Gasteiger partial charge on any atom is 0.269 e. The molecule has 1 heterocycles. The first-order valence-corrected chi connectivity index (χ1v) is 5.95. The second-order valence-electron chi connectivity index (χ2n) is 4.38. The summed E-state index contributed by atoms with van der Waals surface area (Å²) in [6, 6.07) is 6.59. The third kappa shape index (κ3) is 3.42. The number of nitrogens with one attached hydrogen (secondary N) is 2. The predicted octanol–water partition coefficient (Wildman–Crippen LogP) is 2.01. The van der Waals surface area contributed by atoms with E-state index in [0.29, 0.717) is 5.92 Å². The van der Waals surface area contributed by atoms with E-state index in [0.717, 1.165) is 25.3 Å². The Bertz CT molecular complexity index is 372. The molecule has 1 saturated heterocycles. The summed E-state index contributed by atoms with van der Waals surface area (Å²) in [7, 11) is 0. The molecule has 1 aromatic rings. The van der Waals surface area contributed by atoms with E-state index in [4.69, 9.17) is 0 Å². The van der Waals surface area contributed by atoms with Gasteiger partial charge in [-0.15, -0.1) is 0 Å². The van der Waals surface area contributed by atoms with Gasteiger partial charge in [-0.1, -0.05) is 0 Å². The van der Waals surface area contributed by atoms with Gasteiger partial charge in [0.25, 0.3) is 5.69 Å². The summed E-state index contributed by atoms with van der Waals surface area (Å²) in [5, 5.41) is 17.2. The van der Waals surface area contributed by atoms with Gasteiger partial charge in [0.05, 0.1) is 4.92 Å². The third-order valence-corrected chi connectivity index (χ3v) is 3.13. The average Bonchev–Trinajstić information content (AvgIpc) is 2.38. The molecule has 5 nitrogen and oxygen atoms in total. The van der Waals surface area contributed by atoms with Crippen molar-refractivity contribution < 1.29 is 4.92 Å². The molecular weight excluding hydrogens is 218 g/mol. The second kappa shape index (κ2) is 5.63. The topological polar surface area (TPSA) is 67.2 Å². The van der Waals surface area contributed by atoms with Crippen LogP contribution in [0.1, 0.15) is 12.8 Å². The van der Waals surface area contributed by atoms with Crippen LogP contribution in [0.4, 0.5) is 11.4 Å². The Morgan fingerprint density at radius 1 is 1.29 bits per heavy atom. The number of piperidine rings is 1. The number of nitro benzene ring substituents is 1. The minimum Gasteiger partial charge on any atom is -0.385 e. The van der Waals surface area contributed by atoms with Crippen LogP contribution in [0, 0.1) is 16.0 Å². The van der Waals surface area contributed by atoms with Crippen molar-refractivity contribution in [2.24, 2.45) is 5.92 Å². The highest BCUT2D eigenvalue weighted by atomic mass is 16.6. The zero-order valence-electron chi connectivity index (χ0n) is 9.69. The number of hydrogen-bond donors (Lipinski definition) is 2. The normalized spacial score (nSPS) is 16.7. The van der Waals surface area contributed by atoms with Crippen LogP contribution in [0.5, 0.6) is 0 Å². The van der Waals surface area contributed by atoms with Crippen molar-refractivity contribution in [3.05, 3.63) is 34.4 Å². The first kappa shape index (κ1) is 11.9. The molecule has 1 aromatic carbocycles. The van der Waals surface area contributed by atoms with Crippen molar-refractivity contribution in [3.63, 3.8) is 0 Å². The fourth-order valence-corrected chi connectivity index (χ4v) is 2.05. The van der Waals surface area contributed by atoms with Crippen LogP contribution < -0.4 is 10.6 Å². The molecule has 1 fully saturated rings. The largest absolute Gasteiger partial charge is 0.385 e. The fourth-order valence-electron chi connectivity index (χ4n) is 2.05. The molecular formula is C12H17N3O2. The molecule has 0 atom stereocenters. The van der Waals surface area contributed by atoms with Crippen molar-refractivity contribution in [1.29, 1.82) is 0 Å². The molecule has 0 unspecified atom stereocenters. The summed E-state index contributed by atoms with van der Waals surface area (Å²) in [5.74, 6) is 0.700. The van der Waals surface area contributed by atoms with E-state index in [2.05, 4.69) is 10.6 Å². The zero-order chi connectivity index (χ0) is 12.1. The molecule has 0 spiro atoms.